The second-order valence-corrected chi connectivity index (χ2v) is 10.8. The van der Waals surface area contributed by atoms with E-state index in [-0.39, 0.29) is 0 Å². The zero-order valence-electron chi connectivity index (χ0n) is 21.4. The van der Waals surface area contributed by atoms with E-state index in [0.29, 0.717) is 11.8 Å². The fourth-order valence-corrected chi connectivity index (χ4v) is 5.63. The number of benzene rings is 4. The van der Waals surface area contributed by atoms with Gasteiger partial charge in [0.05, 0.1) is 0 Å². The van der Waals surface area contributed by atoms with Gasteiger partial charge in [-0.2, -0.15) is 0 Å². The molecule has 4 aromatic rings. The highest BCUT2D eigenvalue weighted by molar-refractivity contribution is 9.08. The van der Waals surface area contributed by atoms with Gasteiger partial charge < -0.3 is 4.74 Å². The van der Waals surface area contributed by atoms with E-state index in [1.54, 1.807) is 0 Å². The molecule has 2 unspecified atom stereocenters. The van der Waals surface area contributed by atoms with Crippen LogP contribution in [0.2, 0.25) is 0 Å². The molecule has 0 aliphatic heterocycles. The molecule has 0 saturated heterocycles. The van der Waals surface area contributed by atoms with Gasteiger partial charge >= 0.3 is 0 Å². The Bertz CT molecular complexity index is 1060. The van der Waals surface area contributed by atoms with Gasteiger partial charge in [-0.05, 0) is 70.9 Å². The molecule has 0 fully saturated rings. The van der Waals surface area contributed by atoms with Crippen LogP contribution in [0.4, 0.5) is 0 Å². The van der Waals surface area contributed by atoms with E-state index < -0.39 is 0 Å². The van der Waals surface area contributed by atoms with Crippen LogP contribution in [0.25, 0.3) is 0 Å². The monoisotopic (exact) mass is 618 g/mol. The number of hydrogen-bond donors (Lipinski definition) is 0. The molecule has 0 heterocycles. The van der Waals surface area contributed by atoms with Gasteiger partial charge in [0.15, 0.2) is 0 Å². The Balaban J connectivity index is 1.36. The average molecular weight is 620 g/mol. The van der Waals surface area contributed by atoms with Crippen LogP contribution in [0.15, 0.2) is 109 Å². The summed E-state index contributed by atoms with van der Waals surface area (Å²) in [4.78, 5) is 0. The zero-order valence-corrected chi connectivity index (χ0v) is 24.5. The van der Waals surface area contributed by atoms with Crippen molar-refractivity contribution in [3.05, 3.63) is 143 Å². The van der Waals surface area contributed by atoms with Crippen molar-refractivity contribution in [3.63, 3.8) is 0 Å². The predicted molar refractivity (Wildman–Crippen MR) is 164 cm³/mol. The van der Waals surface area contributed by atoms with Crippen LogP contribution in [-0.2, 0) is 28.2 Å². The number of alkyl halides is 2. The lowest BCUT2D eigenvalue weighted by atomic mass is 9.88. The Morgan fingerprint density at radius 3 is 1.19 bits per heavy atom. The fraction of sp³-hybridized carbons (Fsp3) is 0.294. The standard InChI is InChI=1S/C34H36Br2O/c35-25-29-11-15-31(16-12-29)33(23-27-7-3-1-4-8-27)19-21-37-22-20-34(24-28-9-5-2-6-10-28)32-17-13-30(26-36)14-18-32/h1-18,33-34H,19-26H2. The van der Waals surface area contributed by atoms with Gasteiger partial charge in [0.2, 0.25) is 0 Å². The van der Waals surface area contributed by atoms with Gasteiger partial charge in [-0.3, -0.25) is 0 Å². The van der Waals surface area contributed by atoms with E-state index in [1.165, 1.54) is 33.4 Å². The van der Waals surface area contributed by atoms with Crippen molar-refractivity contribution in [1.29, 1.82) is 0 Å². The van der Waals surface area contributed by atoms with Crippen molar-refractivity contribution in [3.8, 4) is 0 Å². The molecule has 0 saturated carbocycles. The first-order valence-electron chi connectivity index (χ1n) is 13.2. The summed E-state index contributed by atoms with van der Waals surface area (Å²) in [5.41, 5.74) is 8.18. The average Bonchev–Trinajstić information content (AvgIpc) is 2.97. The quantitative estimate of drug-likeness (QED) is 0.101. The van der Waals surface area contributed by atoms with Crippen LogP contribution < -0.4 is 0 Å². The first kappa shape index (κ1) is 27.8. The van der Waals surface area contributed by atoms with Crippen molar-refractivity contribution in [2.24, 2.45) is 0 Å². The normalized spacial score (nSPS) is 12.8. The van der Waals surface area contributed by atoms with Gasteiger partial charge in [-0.25, -0.2) is 0 Å². The number of halogens is 2. The minimum absolute atomic E-state index is 0.448. The highest BCUT2D eigenvalue weighted by Crippen LogP contribution is 2.27. The number of rotatable bonds is 14. The van der Waals surface area contributed by atoms with E-state index >= 15 is 0 Å². The number of ether oxygens (including phenoxy) is 1. The molecule has 37 heavy (non-hydrogen) atoms. The maximum atomic E-state index is 6.29. The van der Waals surface area contributed by atoms with Crippen molar-refractivity contribution in [1.82, 2.24) is 0 Å². The third-order valence-electron chi connectivity index (χ3n) is 7.08. The molecule has 1 nitrogen and oxygen atoms in total. The van der Waals surface area contributed by atoms with Gasteiger partial charge in [0.1, 0.15) is 0 Å². The molecule has 2 atom stereocenters. The second kappa shape index (κ2) is 15.3. The molecule has 0 amide bonds. The molecule has 0 radical (unpaired) electrons. The van der Waals surface area contributed by atoms with Crippen LogP contribution >= 0.6 is 31.9 Å². The summed E-state index contributed by atoms with van der Waals surface area (Å²) < 4.78 is 6.29. The van der Waals surface area contributed by atoms with E-state index in [2.05, 4.69) is 141 Å². The summed E-state index contributed by atoms with van der Waals surface area (Å²) >= 11 is 7.13. The van der Waals surface area contributed by atoms with Crippen LogP contribution in [0.5, 0.6) is 0 Å². The minimum Gasteiger partial charge on any atom is -0.381 e. The first-order valence-corrected chi connectivity index (χ1v) is 15.4. The molecule has 4 aromatic carbocycles. The van der Waals surface area contributed by atoms with Crippen molar-refractivity contribution >= 4 is 31.9 Å². The van der Waals surface area contributed by atoms with Gasteiger partial charge in [0.25, 0.3) is 0 Å². The van der Waals surface area contributed by atoms with Gasteiger partial charge in [0, 0.05) is 23.9 Å². The Hall–Kier alpha value is -2.20. The summed E-state index contributed by atoms with van der Waals surface area (Å²) in [6, 6.07) is 39.7. The summed E-state index contributed by atoms with van der Waals surface area (Å²) in [6.07, 6.45) is 4.11. The summed E-state index contributed by atoms with van der Waals surface area (Å²) in [5.74, 6) is 0.896. The molecular weight excluding hydrogens is 584 g/mol. The SMILES string of the molecule is BrCc1ccc(C(CCOCCC(Cc2ccccc2)c2ccc(CBr)cc2)Cc2ccccc2)cc1. The van der Waals surface area contributed by atoms with Crippen molar-refractivity contribution in [2.45, 2.75) is 48.2 Å². The Kier molecular flexibility index (Phi) is 11.5. The highest BCUT2D eigenvalue weighted by Gasteiger charge is 2.15. The van der Waals surface area contributed by atoms with E-state index in [0.717, 1.165) is 49.6 Å². The van der Waals surface area contributed by atoms with Crippen molar-refractivity contribution < 1.29 is 4.74 Å². The van der Waals surface area contributed by atoms with Gasteiger partial charge in [-0.1, -0.05) is 141 Å². The molecule has 0 aliphatic rings. The summed E-state index contributed by atoms with van der Waals surface area (Å²) in [5, 5.41) is 1.78. The zero-order chi connectivity index (χ0) is 25.7. The minimum atomic E-state index is 0.448. The Morgan fingerprint density at radius 2 is 0.838 bits per heavy atom. The molecule has 3 heteroatoms. The van der Waals surface area contributed by atoms with Crippen LogP contribution in [0.1, 0.15) is 58.1 Å². The number of hydrogen-bond acceptors (Lipinski definition) is 1. The molecule has 0 N–H and O–H groups in total. The van der Waals surface area contributed by atoms with E-state index in [4.69, 9.17) is 4.74 Å². The predicted octanol–water partition coefficient (Wildman–Crippen LogP) is 9.63. The lowest BCUT2D eigenvalue weighted by Crippen LogP contribution is -2.11. The first-order chi connectivity index (χ1) is 18.2. The molecule has 192 valence electrons. The third kappa shape index (κ3) is 8.95. The van der Waals surface area contributed by atoms with E-state index in [1.807, 2.05) is 0 Å². The lowest BCUT2D eigenvalue weighted by Gasteiger charge is -2.20. The lowest BCUT2D eigenvalue weighted by molar-refractivity contribution is 0.119. The fourth-order valence-electron chi connectivity index (χ4n) is 4.88. The maximum Gasteiger partial charge on any atom is 0.0471 e. The second-order valence-electron chi connectivity index (χ2n) is 9.71. The molecule has 4 rings (SSSR count). The molecule has 0 bridgehead atoms. The molecular formula is C34H36Br2O. The molecule has 0 aliphatic carbocycles. The topological polar surface area (TPSA) is 9.23 Å². The Labute approximate surface area is 239 Å². The maximum absolute atomic E-state index is 6.29. The van der Waals surface area contributed by atoms with Crippen LogP contribution in [0, 0.1) is 0 Å². The summed E-state index contributed by atoms with van der Waals surface area (Å²) in [7, 11) is 0. The highest BCUT2D eigenvalue weighted by atomic mass is 79.9. The van der Waals surface area contributed by atoms with Crippen LogP contribution in [-0.4, -0.2) is 13.2 Å². The van der Waals surface area contributed by atoms with Crippen molar-refractivity contribution in [2.75, 3.05) is 13.2 Å². The molecule has 0 spiro atoms. The smallest absolute Gasteiger partial charge is 0.0471 e. The largest absolute Gasteiger partial charge is 0.381 e. The third-order valence-corrected chi connectivity index (χ3v) is 8.38. The van der Waals surface area contributed by atoms with Gasteiger partial charge in [-0.15, -0.1) is 0 Å². The molecule has 0 aromatic heterocycles. The van der Waals surface area contributed by atoms with E-state index in [9.17, 15) is 0 Å². The summed E-state index contributed by atoms with van der Waals surface area (Å²) in [6.45, 7) is 1.55. The Morgan fingerprint density at radius 1 is 0.459 bits per heavy atom. The van der Waals surface area contributed by atoms with Crippen LogP contribution in [0.3, 0.4) is 0 Å².